The molecule has 0 unspecified atom stereocenters. The monoisotopic (exact) mass is 248 g/mol. The van der Waals surface area contributed by atoms with Crippen molar-refractivity contribution < 1.29 is 9.90 Å². The van der Waals surface area contributed by atoms with Gasteiger partial charge in [0.1, 0.15) is 11.6 Å². The number of carbonyl (C=O) groups is 1. The molecule has 0 bridgehead atoms. The zero-order chi connectivity index (χ0) is 12.3. The van der Waals surface area contributed by atoms with Crippen LogP contribution < -0.4 is 5.32 Å². The first-order valence-corrected chi connectivity index (χ1v) is 5.25. The molecule has 0 fully saturated rings. The van der Waals surface area contributed by atoms with Gasteiger partial charge in [0.05, 0.1) is 0 Å². The molecule has 1 aromatic carbocycles. The number of aromatic nitrogens is 1. The van der Waals surface area contributed by atoms with Gasteiger partial charge in [0.2, 0.25) is 0 Å². The number of phenols is 1. The molecule has 2 rings (SSSR count). The summed E-state index contributed by atoms with van der Waals surface area (Å²) in [7, 11) is 0. The largest absolute Gasteiger partial charge is 0.508 e. The maximum atomic E-state index is 11.8. The van der Waals surface area contributed by atoms with Gasteiger partial charge < -0.3 is 10.4 Å². The first-order chi connectivity index (χ1) is 8.15. The molecule has 2 aromatic rings. The van der Waals surface area contributed by atoms with E-state index >= 15 is 0 Å². The molecular weight excluding hydrogens is 240 g/mol. The van der Waals surface area contributed by atoms with Crippen LogP contribution >= 0.6 is 11.6 Å². The molecule has 2 N–H and O–H groups in total. The third kappa shape index (κ3) is 2.95. The molecule has 1 aromatic heterocycles. The lowest BCUT2D eigenvalue weighted by atomic mass is 10.2. The highest BCUT2D eigenvalue weighted by molar-refractivity contribution is 6.30. The third-order valence-corrected chi connectivity index (χ3v) is 2.33. The molecule has 0 aliphatic heterocycles. The number of amides is 1. The third-order valence-electron chi connectivity index (χ3n) is 2.09. The van der Waals surface area contributed by atoms with Crippen LogP contribution in [0.1, 0.15) is 10.4 Å². The van der Waals surface area contributed by atoms with Gasteiger partial charge in [-0.05, 0) is 36.4 Å². The summed E-state index contributed by atoms with van der Waals surface area (Å²) in [6.07, 6.45) is 1.51. The Morgan fingerprint density at radius 1 is 1.24 bits per heavy atom. The number of pyridine rings is 1. The van der Waals surface area contributed by atoms with Crippen molar-refractivity contribution in [2.24, 2.45) is 0 Å². The molecule has 0 aliphatic carbocycles. The number of anilines is 1. The molecule has 1 heterocycles. The smallest absolute Gasteiger partial charge is 0.256 e. The van der Waals surface area contributed by atoms with Crippen molar-refractivity contribution in [1.82, 2.24) is 4.98 Å². The van der Waals surface area contributed by atoms with Gasteiger partial charge in [-0.2, -0.15) is 0 Å². The predicted molar refractivity (Wildman–Crippen MR) is 65.3 cm³/mol. The van der Waals surface area contributed by atoms with E-state index < -0.39 is 0 Å². The van der Waals surface area contributed by atoms with E-state index in [1.165, 1.54) is 30.5 Å². The minimum atomic E-state index is -0.306. The van der Waals surface area contributed by atoms with Crippen molar-refractivity contribution in [1.29, 1.82) is 0 Å². The Morgan fingerprint density at radius 3 is 2.59 bits per heavy atom. The fourth-order valence-electron chi connectivity index (χ4n) is 1.27. The minimum Gasteiger partial charge on any atom is -0.508 e. The highest BCUT2D eigenvalue weighted by Gasteiger charge is 2.06. The van der Waals surface area contributed by atoms with Crippen LogP contribution in [0.25, 0.3) is 0 Å². The van der Waals surface area contributed by atoms with Crippen LogP contribution in [0.4, 0.5) is 5.82 Å². The van der Waals surface area contributed by atoms with E-state index in [1.54, 1.807) is 12.1 Å². The number of nitrogens with zero attached hydrogens (tertiary/aromatic N) is 1. The summed E-state index contributed by atoms with van der Waals surface area (Å²) >= 11 is 5.77. The van der Waals surface area contributed by atoms with E-state index in [1.807, 2.05) is 0 Å². The van der Waals surface area contributed by atoms with Crippen LogP contribution in [-0.2, 0) is 0 Å². The van der Waals surface area contributed by atoms with Gasteiger partial charge in [0.15, 0.2) is 0 Å². The van der Waals surface area contributed by atoms with E-state index in [0.717, 1.165) is 0 Å². The van der Waals surface area contributed by atoms with Crippen molar-refractivity contribution >= 4 is 23.3 Å². The Morgan fingerprint density at radius 2 is 1.94 bits per heavy atom. The topological polar surface area (TPSA) is 62.2 Å². The number of benzene rings is 1. The van der Waals surface area contributed by atoms with Crippen LogP contribution in [0.3, 0.4) is 0 Å². The molecule has 5 heteroatoms. The summed E-state index contributed by atoms with van der Waals surface area (Å²) in [5.74, 6) is 0.192. The zero-order valence-corrected chi connectivity index (χ0v) is 9.48. The fourth-order valence-corrected chi connectivity index (χ4v) is 1.43. The van der Waals surface area contributed by atoms with E-state index in [2.05, 4.69) is 10.3 Å². The summed E-state index contributed by atoms with van der Waals surface area (Å²) in [4.78, 5) is 15.7. The summed E-state index contributed by atoms with van der Waals surface area (Å²) in [5.41, 5.74) is 0.435. The van der Waals surface area contributed by atoms with Gasteiger partial charge in [-0.25, -0.2) is 4.98 Å². The number of carbonyl (C=O) groups excluding carboxylic acids is 1. The standard InChI is InChI=1S/C12H9ClN2O2/c13-9-5-6-14-11(7-9)15-12(17)8-1-3-10(16)4-2-8/h1-7,16H,(H,14,15,17). The lowest BCUT2D eigenvalue weighted by Crippen LogP contribution is -2.12. The van der Waals surface area contributed by atoms with Crippen LogP contribution in [-0.4, -0.2) is 16.0 Å². The number of phenolic OH excluding ortho intramolecular Hbond substituents is 1. The average molecular weight is 249 g/mol. The quantitative estimate of drug-likeness (QED) is 0.859. The molecule has 0 aliphatic rings. The maximum absolute atomic E-state index is 11.8. The Kier molecular flexibility index (Phi) is 3.25. The summed E-state index contributed by atoms with van der Waals surface area (Å²) < 4.78 is 0. The molecule has 0 saturated heterocycles. The highest BCUT2D eigenvalue weighted by atomic mass is 35.5. The van der Waals surface area contributed by atoms with E-state index in [0.29, 0.717) is 16.4 Å². The van der Waals surface area contributed by atoms with Crippen molar-refractivity contribution in [3.63, 3.8) is 0 Å². The van der Waals surface area contributed by atoms with Crippen LogP contribution in [0, 0.1) is 0 Å². The molecular formula is C12H9ClN2O2. The normalized spacial score (nSPS) is 9.94. The Bertz CT molecular complexity index is 540. The lowest BCUT2D eigenvalue weighted by molar-refractivity contribution is 0.102. The van der Waals surface area contributed by atoms with Crippen molar-refractivity contribution in [2.75, 3.05) is 5.32 Å². The number of halogens is 1. The van der Waals surface area contributed by atoms with Crippen molar-refractivity contribution in [3.05, 3.63) is 53.2 Å². The van der Waals surface area contributed by atoms with Crippen molar-refractivity contribution in [3.8, 4) is 5.75 Å². The molecule has 86 valence electrons. The van der Waals surface area contributed by atoms with Gasteiger partial charge in [-0.3, -0.25) is 4.79 Å². The van der Waals surface area contributed by atoms with E-state index in [9.17, 15) is 4.79 Å². The molecule has 17 heavy (non-hydrogen) atoms. The number of hydrogen-bond donors (Lipinski definition) is 2. The van der Waals surface area contributed by atoms with Gasteiger partial charge >= 0.3 is 0 Å². The van der Waals surface area contributed by atoms with Crippen molar-refractivity contribution in [2.45, 2.75) is 0 Å². The number of aromatic hydroxyl groups is 1. The number of rotatable bonds is 2. The van der Waals surface area contributed by atoms with Crippen LogP contribution in [0.5, 0.6) is 5.75 Å². The van der Waals surface area contributed by atoms with E-state index in [-0.39, 0.29) is 11.7 Å². The van der Waals surface area contributed by atoms with Gasteiger partial charge in [-0.15, -0.1) is 0 Å². The number of hydrogen-bond acceptors (Lipinski definition) is 3. The van der Waals surface area contributed by atoms with E-state index in [4.69, 9.17) is 16.7 Å². The van der Waals surface area contributed by atoms with Gasteiger partial charge in [-0.1, -0.05) is 11.6 Å². The second kappa shape index (κ2) is 4.84. The fraction of sp³-hybridized carbons (Fsp3) is 0. The predicted octanol–water partition coefficient (Wildman–Crippen LogP) is 2.69. The molecule has 0 radical (unpaired) electrons. The lowest BCUT2D eigenvalue weighted by Gasteiger charge is -2.04. The second-order valence-corrected chi connectivity index (χ2v) is 3.80. The molecule has 0 atom stereocenters. The highest BCUT2D eigenvalue weighted by Crippen LogP contribution is 2.14. The van der Waals surface area contributed by atoms with Crippen LogP contribution in [0.15, 0.2) is 42.6 Å². The second-order valence-electron chi connectivity index (χ2n) is 3.36. The summed E-state index contributed by atoms with van der Waals surface area (Å²) in [5, 5.41) is 12.2. The SMILES string of the molecule is O=C(Nc1cc(Cl)ccn1)c1ccc(O)cc1. The minimum absolute atomic E-state index is 0.113. The van der Waals surface area contributed by atoms with Crippen LogP contribution in [0.2, 0.25) is 5.02 Å². The molecule has 1 amide bonds. The molecule has 0 saturated carbocycles. The van der Waals surface area contributed by atoms with Gasteiger partial charge in [0, 0.05) is 16.8 Å². The maximum Gasteiger partial charge on any atom is 0.256 e. The first-order valence-electron chi connectivity index (χ1n) is 4.87. The molecule has 0 spiro atoms. The summed E-state index contributed by atoms with van der Waals surface area (Å²) in [6, 6.07) is 9.11. The average Bonchev–Trinajstić information content (AvgIpc) is 2.29. The first kappa shape index (κ1) is 11.4. The van der Waals surface area contributed by atoms with Gasteiger partial charge in [0.25, 0.3) is 5.91 Å². The Labute approximate surface area is 103 Å². The Balaban J connectivity index is 2.14. The Hall–Kier alpha value is -2.07. The number of nitrogens with one attached hydrogen (secondary N) is 1. The zero-order valence-electron chi connectivity index (χ0n) is 8.72. The molecule has 4 nitrogen and oxygen atoms in total. The summed E-state index contributed by atoms with van der Waals surface area (Å²) in [6.45, 7) is 0.